The molecule has 1 saturated carbocycles. The van der Waals surface area contributed by atoms with Crippen LogP contribution in [0.3, 0.4) is 0 Å². The Hall–Kier alpha value is -1.35. The van der Waals surface area contributed by atoms with Gasteiger partial charge in [-0.15, -0.1) is 0 Å². The minimum absolute atomic E-state index is 0.0143. The van der Waals surface area contributed by atoms with Crippen LogP contribution < -0.4 is 5.73 Å². The molecule has 3 heteroatoms. The molecule has 0 radical (unpaired) electrons. The van der Waals surface area contributed by atoms with Crippen molar-refractivity contribution >= 4 is 5.97 Å². The first-order valence-corrected chi connectivity index (χ1v) is 7.45. The van der Waals surface area contributed by atoms with Gasteiger partial charge in [0.05, 0.1) is 6.42 Å². The summed E-state index contributed by atoms with van der Waals surface area (Å²) < 4.78 is 0. The second-order valence-corrected chi connectivity index (χ2v) is 6.83. The lowest BCUT2D eigenvalue weighted by molar-refractivity contribution is -0.137. The molecule has 0 bridgehead atoms. The van der Waals surface area contributed by atoms with Crippen LogP contribution in [0.5, 0.6) is 0 Å². The van der Waals surface area contributed by atoms with Crippen LogP contribution in [-0.4, -0.2) is 11.1 Å². The van der Waals surface area contributed by atoms with Gasteiger partial charge in [-0.05, 0) is 41.7 Å². The van der Waals surface area contributed by atoms with Crippen LogP contribution in [0.1, 0.15) is 69.0 Å². The third-order valence-corrected chi connectivity index (χ3v) is 4.41. The lowest BCUT2D eigenvalue weighted by atomic mass is 9.70. The molecule has 0 heterocycles. The van der Waals surface area contributed by atoms with Crippen molar-refractivity contribution in [3.63, 3.8) is 0 Å². The molecular weight excluding hydrogens is 250 g/mol. The number of carboxylic acids is 1. The van der Waals surface area contributed by atoms with Crippen molar-refractivity contribution in [3.8, 4) is 0 Å². The molecule has 1 aromatic carbocycles. The van der Waals surface area contributed by atoms with Gasteiger partial charge in [-0.1, -0.05) is 44.5 Å². The predicted molar refractivity (Wildman–Crippen MR) is 80.6 cm³/mol. The molecule has 1 aliphatic rings. The van der Waals surface area contributed by atoms with Crippen LogP contribution in [0.25, 0.3) is 0 Å². The van der Waals surface area contributed by atoms with Gasteiger partial charge < -0.3 is 10.8 Å². The second kappa shape index (κ2) is 5.96. The van der Waals surface area contributed by atoms with Gasteiger partial charge in [-0.3, -0.25) is 4.79 Å². The second-order valence-electron chi connectivity index (χ2n) is 6.83. The number of benzene rings is 1. The van der Waals surface area contributed by atoms with Crippen molar-refractivity contribution in [2.75, 3.05) is 0 Å². The summed E-state index contributed by atoms with van der Waals surface area (Å²) in [6, 6.07) is 7.80. The maximum atomic E-state index is 10.8. The van der Waals surface area contributed by atoms with Gasteiger partial charge in [-0.25, -0.2) is 0 Å². The quantitative estimate of drug-likeness (QED) is 0.877. The topological polar surface area (TPSA) is 63.3 Å². The molecule has 3 N–H and O–H groups in total. The number of rotatable bonds is 4. The number of nitrogens with two attached hydrogens (primary N) is 1. The number of carbonyl (C=O) groups is 1. The molecule has 1 fully saturated rings. The summed E-state index contributed by atoms with van der Waals surface area (Å²) in [5.74, 6) is -0.266. The van der Waals surface area contributed by atoms with Crippen molar-refractivity contribution in [3.05, 3.63) is 35.4 Å². The molecule has 0 spiro atoms. The summed E-state index contributed by atoms with van der Waals surface area (Å²) in [4.78, 5) is 10.8. The molecule has 2 atom stereocenters. The van der Waals surface area contributed by atoms with Gasteiger partial charge in [0.15, 0.2) is 0 Å². The fourth-order valence-electron chi connectivity index (χ4n) is 3.33. The van der Waals surface area contributed by atoms with Crippen LogP contribution in [0, 0.1) is 5.41 Å². The summed E-state index contributed by atoms with van der Waals surface area (Å²) in [5.41, 5.74) is 8.63. The Labute approximate surface area is 121 Å². The molecule has 2 rings (SSSR count). The summed E-state index contributed by atoms with van der Waals surface area (Å²) in [7, 11) is 0. The third kappa shape index (κ3) is 3.83. The smallest absolute Gasteiger partial charge is 0.305 e. The van der Waals surface area contributed by atoms with E-state index in [4.69, 9.17) is 10.8 Å². The zero-order valence-corrected chi connectivity index (χ0v) is 12.4. The average molecular weight is 275 g/mol. The van der Waals surface area contributed by atoms with E-state index in [9.17, 15) is 4.79 Å². The Morgan fingerprint density at radius 3 is 2.90 bits per heavy atom. The van der Waals surface area contributed by atoms with Gasteiger partial charge in [0, 0.05) is 6.04 Å². The Balaban J connectivity index is 2.15. The first-order chi connectivity index (χ1) is 9.37. The highest BCUT2D eigenvalue weighted by Gasteiger charge is 2.29. The maximum Gasteiger partial charge on any atom is 0.305 e. The molecule has 0 aliphatic heterocycles. The monoisotopic (exact) mass is 275 g/mol. The lowest BCUT2D eigenvalue weighted by Crippen LogP contribution is -2.22. The molecule has 0 aromatic heterocycles. The molecule has 1 aromatic rings. The van der Waals surface area contributed by atoms with E-state index < -0.39 is 12.0 Å². The van der Waals surface area contributed by atoms with E-state index in [1.807, 2.05) is 12.1 Å². The van der Waals surface area contributed by atoms with E-state index in [0.29, 0.717) is 11.3 Å². The number of carboxylic acid groups (broad SMARTS) is 1. The SMILES string of the molecule is CC1(C)CCCC(c2cccc(C(N)CC(=O)O)c2)C1. The van der Waals surface area contributed by atoms with E-state index in [0.717, 1.165) is 5.56 Å². The molecule has 110 valence electrons. The molecule has 1 aliphatic carbocycles. The van der Waals surface area contributed by atoms with E-state index in [-0.39, 0.29) is 6.42 Å². The Bertz CT molecular complexity index is 482. The largest absolute Gasteiger partial charge is 0.481 e. The highest BCUT2D eigenvalue weighted by molar-refractivity contribution is 5.67. The molecule has 0 amide bonds. The van der Waals surface area contributed by atoms with E-state index in [2.05, 4.69) is 26.0 Å². The predicted octanol–water partition coefficient (Wildman–Crippen LogP) is 3.84. The molecule has 0 saturated heterocycles. The van der Waals surface area contributed by atoms with E-state index in [1.165, 1.54) is 31.2 Å². The van der Waals surface area contributed by atoms with Crippen molar-refractivity contribution in [1.82, 2.24) is 0 Å². The van der Waals surface area contributed by atoms with E-state index in [1.54, 1.807) is 0 Å². The number of hydrogen-bond acceptors (Lipinski definition) is 2. The molecule has 20 heavy (non-hydrogen) atoms. The molecular formula is C17H25NO2. The minimum Gasteiger partial charge on any atom is -0.481 e. The maximum absolute atomic E-state index is 10.8. The minimum atomic E-state index is -0.846. The first-order valence-electron chi connectivity index (χ1n) is 7.45. The first kappa shape index (κ1) is 15.0. The van der Waals surface area contributed by atoms with Crippen molar-refractivity contribution in [2.24, 2.45) is 11.1 Å². The van der Waals surface area contributed by atoms with Crippen LogP contribution in [-0.2, 0) is 4.79 Å². The lowest BCUT2D eigenvalue weighted by Gasteiger charge is -2.35. The Morgan fingerprint density at radius 2 is 2.25 bits per heavy atom. The summed E-state index contributed by atoms with van der Waals surface area (Å²) in [5, 5.41) is 8.85. The van der Waals surface area contributed by atoms with Gasteiger partial charge >= 0.3 is 5.97 Å². The summed E-state index contributed by atoms with van der Waals surface area (Å²) in [6.45, 7) is 4.67. The van der Waals surface area contributed by atoms with Crippen LogP contribution in [0.4, 0.5) is 0 Å². The summed E-state index contributed by atoms with van der Waals surface area (Å²) >= 11 is 0. The fourth-order valence-corrected chi connectivity index (χ4v) is 3.33. The highest BCUT2D eigenvalue weighted by atomic mass is 16.4. The average Bonchev–Trinajstić information content (AvgIpc) is 2.37. The van der Waals surface area contributed by atoms with Crippen LogP contribution in [0.15, 0.2) is 24.3 Å². The zero-order chi connectivity index (χ0) is 14.8. The standard InChI is InChI=1S/C17H25NO2/c1-17(2)8-4-7-14(11-17)12-5-3-6-13(9-12)15(18)10-16(19)20/h3,5-6,9,14-15H,4,7-8,10-11,18H2,1-2H3,(H,19,20). The van der Waals surface area contributed by atoms with Crippen LogP contribution in [0.2, 0.25) is 0 Å². The van der Waals surface area contributed by atoms with Crippen molar-refractivity contribution in [1.29, 1.82) is 0 Å². The number of aliphatic carboxylic acids is 1. The van der Waals surface area contributed by atoms with Crippen molar-refractivity contribution < 1.29 is 9.90 Å². The van der Waals surface area contributed by atoms with Gasteiger partial charge in [0.1, 0.15) is 0 Å². The Kier molecular flexibility index (Phi) is 4.48. The highest BCUT2D eigenvalue weighted by Crippen LogP contribution is 2.43. The van der Waals surface area contributed by atoms with Gasteiger partial charge in [-0.2, -0.15) is 0 Å². The van der Waals surface area contributed by atoms with Gasteiger partial charge in [0.2, 0.25) is 0 Å². The normalized spacial score (nSPS) is 23.2. The zero-order valence-electron chi connectivity index (χ0n) is 12.4. The van der Waals surface area contributed by atoms with E-state index >= 15 is 0 Å². The Morgan fingerprint density at radius 1 is 1.50 bits per heavy atom. The fraction of sp³-hybridized carbons (Fsp3) is 0.588. The molecule has 3 nitrogen and oxygen atoms in total. The third-order valence-electron chi connectivity index (χ3n) is 4.41. The summed E-state index contributed by atoms with van der Waals surface area (Å²) in [6.07, 6.45) is 4.97. The van der Waals surface area contributed by atoms with Crippen molar-refractivity contribution in [2.45, 2.75) is 57.9 Å². The number of hydrogen-bond donors (Lipinski definition) is 2. The molecule has 2 unspecified atom stereocenters. The van der Waals surface area contributed by atoms with Crippen LogP contribution >= 0.6 is 0 Å². The van der Waals surface area contributed by atoms with Gasteiger partial charge in [0.25, 0.3) is 0 Å².